The van der Waals surface area contributed by atoms with Crippen LogP contribution in [0.2, 0.25) is 0 Å². The molecule has 16 heavy (non-hydrogen) atoms. The molecule has 4 heteroatoms. The van der Waals surface area contributed by atoms with Crippen molar-refractivity contribution in [2.75, 3.05) is 14.2 Å². The first kappa shape index (κ1) is 11.8. The monoisotopic (exact) mass is 218 g/mol. The average Bonchev–Trinajstić information content (AvgIpc) is 2.35. The van der Waals surface area contributed by atoms with E-state index in [1.807, 2.05) is 0 Å². The largest absolute Gasteiger partial charge is 0.465 e. The molecule has 0 heterocycles. The smallest absolute Gasteiger partial charge is 0.339 e. The molecule has 1 aromatic carbocycles. The van der Waals surface area contributed by atoms with Crippen molar-refractivity contribution in [3.8, 4) is 12.3 Å². The van der Waals surface area contributed by atoms with Gasteiger partial charge in [0, 0.05) is 5.56 Å². The van der Waals surface area contributed by atoms with E-state index < -0.39 is 11.9 Å². The molecule has 0 amide bonds. The summed E-state index contributed by atoms with van der Waals surface area (Å²) in [7, 11) is 2.53. The van der Waals surface area contributed by atoms with Crippen molar-refractivity contribution in [2.24, 2.45) is 0 Å². The summed E-state index contributed by atoms with van der Waals surface area (Å²) in [5, 5.41) is 0. The molecule has 0 atom stereocenters. The predicted octanol–water partition coefficient (Wildman–Crippen LogP) is 1.24. The number of esters is 2. The minimum absolute atomic E-state index is 0.248. The van der Waals surface area contributed by atoms with Crippen LogP contribution in [0.5, 0.6) is 0 Å². The van der Waals surface area contributed by atoms with E-state index in [4.69, 9.17) is 6.42 Å². The summed E-state index contributed by atoms with van der Waals surface area (Å²) in [6.07, 6.45) is 5.24. The van der Waals surface area contributed by atoms with Gasteiger partial charge in [0.05, 0.1) is 25.3 Å². The number of carbonyl (C=O) groups is 2. The molecular formula is C12H10O4. The molecule has 4 nitrogen and oxygen atoms in total. The fraction of sp³-hybridized carbons (Fsp3) is 0.167. The highest BCUT2D eigenvalue weighted by molar-refractivity contribution is 5.95. The van der Waals surface area contributed by atoms with Gasteiger partial charge in [-0.25, -0.2) is 9.59 Å². The van der Waals surface area contributed by atoms with Gasteiger partial charge in [-0.2, -0.15) is 0 Å². The van der Waals surface area contributed by atoms with Gasteiger partial charge in [-0.3, -0.25) is 0 Å². The highest BCUT2D eigenvalue weighted by Crippen LogP contribution is 2.13. The Morgan fingerprint density at radius 1 is 1.19 bits per heavy atom. The molecule has 82 valence electrons. The van der Waals surface area contributed by atoms with E-state index in [-0.39, 0.29) is 5.56 Å². The topological polar surface area (TPSA) is 52.6 Å². The second-order valence-corrected chi connectivity index (χ2v) is 2.89. The second-order valence-electron chi connectivity index (χ2n) is 2.89. The molecule has 0 radical (unpaired) electrons. The molecule has 0 aromatic heterocycles. The first-order chi connectivity index (χ1) is 7.63. The molecule has 0 N–H and O–H groups in total. The molecule has 0 saturated heterocycles. The molecule has 0 spiro atoms. The van der Waals surface area contributed by atoms with Crippen molar-refractivity contribution in [1.29, 1.82) is 0 Å². The van der Waals surface area contributed by atoms with E-state index in [1.54, 1.807) is 0 Å². The maximum atomic E-state index is 11.3. The van der Waals surface area contributed by atoms with Gasteiger partial charge in [-0.1, -0.05) is 5.92 Å². The lowest BCUT2D eigenvalue weighted by atomic mass is 10.0. The van der Waals surface area contributed by atoms with Gasteiger partial charge in [-0.15, -0.1) is 6.42 Å². The lowest BCUT2D eigenvalue weighted by molar-refractivity contribution is 0.0586. The molecule has 0 aliphatic carbocycles. The van der Waals surface area contributed by atoms with Crippen molar-refractivity contribution in [3.63, 3.8) is 0 Å². The quantitative estimate of drug-likeness (QED) is 0.553. The van der Waals surface area contributed by atoms with Crippen LogP contribution in [0.15, 0.2) is 18.2 Å². The second kappa shape index (κ2) is 4.99. The molecule has 0 saturated carbocycles. The van der Waals surface area contributed by atoms with Gasteiger partial charge < -0.3 is 9.47 Å². The van der Waals surface area contributed by atoms with Gasteiger partial charge >= 0.3 is 11.9 Å². The Labute approximate surface area is 93.2 Å². The number of terminal acetylenes is 1. The summed E-state index contributed by atoms with van der Waals surface area (Å²) < 4.78 is 9.09. The van der Waals surface area contributed by atoms with Crippen LogP contribution >= 0.6 is 0 Å². The third kappa shape index (κ3) is 2.20. The fourth-order valence-corrected chi connectivity index (χ4v) is 1.20. The van der Waals surface area contributed by atoms with Crippen LogP contribution in [0.25, 0.3) is 0 Å². The number of carbonyl (C=O) groups excluding carboxylic acids is 2. The third-order valence-corrected chi connectivity index (χ3v) is 2.00. The van der Waals surface area contributed by atoms with Crippen molar-refractivity contribution < 1.29 is 19.1 Å². The van der Waals surface area contributed by atoms with Gasteiger partial charge in [0.2, 0.25) is 0 Å². The van der Waals surface area contributed by atoms with Gasteiger partial charge in [0.15, 0.2) is 0 Å². The Kier molecular flexibility index (Phi) is 3.67. The number of hydrogen-bond donors (Lipinski definition) is 0. The van der Waals surface area contributed by atoms with Crippen LogP contribution in [0, 0.1) is 12.3 Å². The van der Waals surface area contributed by atoms with E-state index in [2.05, 4.69) is 15.4 Å². The minimum Gasteiger partial charge on any atom is -0.465 e. The molecular weight excluding hydrogens is 208 g/mol. The molecule has 0 unspecified atom stereocenters. The number of ether oxygens (including phenoxy) is 2. The highest BCUT2D eigenvalue weighted by atomic mass is 16.5. The van der Waals surface area contributed by atoms with Crippen LogP contribution in [0.4, 0.5) is 0 Å². The summed E-state index contributed by atoms with van der Waals surface area (Å²) in [5.74, 6) is 1.28. The Balaban J connectivity index is 3.23. The van der Waals surface area contributed by atoms with Crippen LogP contribution in [-0.4, -0.2) is 26.2 Å². The average molecular weight is 218 g/mol. The number of hydrogen-bond acceptors (Lipinski definition) is 4. The predicted molar refractivity (Wildman–Crippen MR) is 57.1 cm³/mol. The maximum absolute atomic E-state index is 11.3. The lowest BCUT2D eigenvalue weighted by Gasteiger charge is -2.04. The zero-order chi connectivity index (χ0) is 12.1. The van der Waals surface area contributed by atoms with Crippen molar-refractivity contribution in [2.45, 2.75) is 0 Å². The summed E-state index contributed by atoms with van der Waals surface area (Å²) in [6, 6.07) is 4.31. The van der Waals surface area contributed by atoms with Gasteiger partial charge in [0.1, 0.15) is 0 Å². The number of benzene rings is 1. The summed E-state index contributed by atoms with van der Waals surface area (Å²) in [6.45, 7) is 0. The summed E-state index contributed by atoms with van der Waals surface area (Å²) in [5.41, 5.74) is 0.843. The van der Waals surface area contributed by atoms with Gasteiger partial charge in [0.25, 0.3) is 0 Å². The van der Waals surface area contributed by atoms with E-state index in [9.17, 15) is 9.59 Å². The number of methoxy groups -OCH3 is 2. The first-order valence-corrected chi connectivity index (χ1v) is 4.41. The number of rotatable bonds is 2. The zero-order valence-corrected chi connectivity index (χ0v) is 8.94. The Bertz CT molecular complexity index is 468. The van der Waals surface area contributed by atoms with Crippen LogP contribution in [-0.2, 0) is 9.47 Å². The molecule has 1 aromatic rings. The molecule has 1 rings (SSSR count). The SMILES string of the molecule is C#Cc1cc(C(=O)OC)ccc1C(=O)OC. The van der Waals surface area contributed by atoms with E-state index in [1.165, 1.54) is 32.4 Å². The van der Waals surface area contributed by atoms with E-state index >= 15 is 0 Å². The Morgan fingerprint density at radius 3 is 2.31 bits per heavy atom. The fourth-order valence-electron chi connectivity index (χ4n) is 1.20. The van der Waals surface area contributed by atoms with Crippen LogP contribution in [0.1, 0.15) is 26.3 Å². The van der Waals surface area contributed by atoms with Crippen LogP contribution in [0.3, 0.4) is 0 Å². The molecule has 0 fully saturated rings. The van der Waals surface area contributed by atoms with E-state index in [0.717, 1.165) is 0 Å². The van der Waals surface area contributed by atoms with E-state index in [0.29, 0.717) is 11.1 Å². The Hall–Kier alpha value is -2.28. The highest BCUT2D eigenvalue weighted by Gasteiger charge is 2.13. The normalized spacial score (nSPS) is 9.06. The van der Waals surface area contributed by atoms with Crippen molar-refractivity contribution in [3.05, 3.63) is 34.9 Å². The minimum atomic E-state index is -0.538. The van der Waals surface area contributed by atoms with Crippen molar-refractivity contribution >= 4 is 11.9 Å². The maximum Gasteiger partial charge on any atom is 0.339 e. The lowest BCUT2D eigenvalue weighted by Crippen LogP contribution is -2.07. The van der Waals surface area contributed by atoms with Crippen molar-refractivity contribution in [1.82, 2.24) is 0 Å². The standard InChI is InChI=1S/C12H10O4/c1-4-8-7-9(11(13)15-2)5-6-10(8)12(14)16-3/h1,5-7H,2-3H3. The summed E-state index contributed by atoms with van der Waals surface area (Å²) in [4.78, 5) is 22.5. The molecule has 0 aliphatic rings. The van der Waals surface area contributed by atoms with Crippen LogP contribution < -0.4 is 0 Å². The first-order valence-electron chi connectivity index (χ1n) is 4.41. The third-order valence-electron chi connectivity index (χ3n) is 2.00. The zero-order valence-electron chi connectivity index (χ0n) is 8.94. The van der Waals surface area contributed by atoms with Gasteiger partial charge in [-0.05, 0) is 18.2 Å². The molecule has 0 aliphatic heterocycles. The Morgan fingerprint density at radius 2 is 1.81 bits per heavy atom. The summed E-state index contributed by atoms with van der Waals surface area (Å²) >= 11 is 0. The molecule has 0 bridgehead atoms.